The summed E-state index contributed by atoms with van der Waals surface area (Å²) in [6.45, 7) is 5.16. The van der Waals surface area contributed by atoms with E-state index in [1.165, 1.54) is 19.2 Å². The van der Waals surface area contributed by atoms with Gasteiger partial charge in [-0.25, -0.2) is 10.2 Å². The van der Waals surface area contributed by atoms with Crippen molar-refractivity contribution in [2.45, 2.75) is 26.4 Å². The van der Waals surface area contributed by atoms with Crippen LogP contribution in [-0.2, 0) is 4.74 Å². The molecule has 0 aliphatic rings. The number of hydrogen-bond donors (Lipinski definition) is 2. The monoisotopic (exact) mass is 300 g/mol. The standard InChI is InChI=1S/C13H17ClN2O4/c1-13(2,3)20-12(18)16-15-11(17)9-6-5-8(14)7-10(9)19-4/h5-7H,1-4H3,(H,15,17)(H,16,18). The molecule has 0 saturated carbocycles. The Morgan fingerprint density at radius 3 is 2.40 bits per heavy atom. The minimum absolute atomic E-state index is 0.243. The van der Waals surface area contributed by atoms with E-state index in [0.717, 1.165) is 0 Å². The van der Waals surface area contributed by atoms with Crippen molar-refractivity contribution < 1.29 is 19.1 Å². The number of benzene rings is 1. The third kappa shape index (κ3) is 4.97. The minimum atomic E-state index is -0.751. The maximum atomic E-state index is 11.9. The molecule has 1 rings (SSSR count). The number of hydrogen-bond acceptors (Lipinski definition) is 4. The quantitative estimate of drug-likeness (QED) is 0.823. The van der Waals surface area contributed by atoms with Crippen LogP contribution in [0, 0.1) is 0 Å². The van der Waals surface area contributed by atoms with Crippen LogP contribution < -0.4 is 15.6 Å². The van der Waals surface area contributed by atoms with Gasteiger partial charge in [0.2, 0.25) is 0 Å². The molecule has 1 aromatic carbocycles. The first-order valence-electron chi connectivity index (χ1n) is 5.86. The summed E-state index contributed by atoms with van der Waals surface area (Å²) in [5.74, 6) is -0.231. The summed E-state index contributed by atoms with van der Waals surface area (Å²) >= 11 is 5.80. The topological polar surface area (TPSA) is 76.7 Å². The largest absolute Gasteiger partial charge is 0.496 e. The first kappa shape index (κ1) is 16.1. The Labute approximate surface area is 122 Å². The van der Waals surface area contributed by atoms with Gasteiger partial charge in [-0.3, -0.25) is 10.2 Å². The van der Waals surface area contributed by atoms with Crippen molar-refractivity contribution >= 4 is 23.6 Å². The van der Waals surface area contributed by atoms with Crippen molar-refractivity contribution in [2.75, 3.05) is 7.11 Å². The Bertz CT molecular complexity index is 512. The molecule has 2 N–H and O–H groups in total. The number of halogens is 1. The van der Waals surface area contributed by atoms with Crippen molar-refractivity contribution in [2.24, 2.45) is 0 Å². The van der Waals surface area contributed by atoms with Gasteiger partial charge >= 0.3 is 6.09 Å². The smallest absolute Gasteiger partial charge is 0.426 e. The number of rotatable bonds is 2. The SMILES string of the molecule is COc1cc(Cl)ccc1C(=O)NNC(=O)OC(C)(C)C. The van der Waals surface area contributed by atoms with Crippen LogP contribution in [-0.4, -0.2) is 24.7 Å². The van der Waals surface area contributed by atoms with Crippen LogP contribution in [0.1, 0.15) is 31.1 Å². The van der Waals surface area contributed by atoms with Crippen LogP contribution in [0.15, 0.2) is 18.2 Å². The Kier molecular flexibility index (Phi) is 5.21. The van der Waals surface area contributed by atoms with E-state index in [2.05, 4.69) is 10.9 Å². The van der Waals surface area contributed by atoms with E-state index in [9.17, 15) is 9.59 Å². The van der Waals surface area contributed by atoms with E-state index in [-0.39, 0.29) is 5.56 Å². The summed E-state index contributed by atoms with van der Waals surface area (Å²) in [5, 5.41) is 0.443. The van der Waals surface area contributed by atoms with Crippen LogP contribution in [0.3, 0.4) is 0 Å². The van der Waals surface area contributed by atoms with Gasteiger partial charge in [0.15, 0.2) is 0 Å². The maximum Gasteiger partial charge on any atom is 0.426 e. The fourth-order valence-corrected chi connectivity index (χ4v) is 1.49. The summed E-state index contributed by atoms with van der Waals surface area (Å²) in [5.41, 5.74) is 3.98. The van der Waals surface area contributed by atoms with Gasteiger partial charge in [0, 0.05) is 5.02 Å². The molecule has 1 aromatic rings. The molecule has 0 atom stereocenters. The summed E-state index contributed by atoms with van der Waals surface area (Å²) in [6, 6.07) is 4.55. The van der Waals surface area contributed by atoms with Crippen molar-refractivity contribution in [1.29, 1.82) is 0 Å². The number of hydrazine groups is 1. The second kappa shape index (κ2) is 6.47. The van der Waals surface area contributed by atoms with Gasteiger partial charge in [0.05, 0.1) is 12.7 Å². The first-order chi connectivity index (χ1) is 9.23. The highest BCUT2D eigenvalue weighted by Crippen LogP contribution is 2.22. The lowest BCUT2D eigenvalue weighted by Gasteiger charge is -2.19. The second-order valence-corrected chi connectivity index (χ2v) is 5.36. The van der Waals surface area contributed by atoms with Crippen LogP contribution >= 0.6 is 11.6 Å². The zero-order chi connectivity index (χ0) is 15.3. The Balaban J connectivity index is 2.66. The Morgan fingerprint density at radius 2 is 1.85 bits per heavy atom. The van der Waals surface area contributed by atoms with E-state index in [0.29, 0.717) is 10.8 Å². The molecule has 110 valence electrons. The van der Waals surface area contributed by atoms with E-state index in [1.807, 2.05) is 0 Å². The van der Waals surface area contributed by atoms with Gasteiger partial charge in [0.1, 0.15) is 11.4 Å². The number of carbonyl (C=O) groups is 2. The molecule has 0 spiro atoms. The molecule has 2 amide bonds. The maximum absolute atomic E-state index is 11.9. The number of carbonyl (C=O) groups excluding carboxylic acids is 2. The second-order valence-electron chi connectivity index (χ2n) is 4.93. The Morgan fingerprint density at radius 1 is 1.20 bits per heavy atom. The summed E-state index contributed by atoms with van der Waals surface area (Å²) < 4.78 is 10.0. The lowest BCUT2D eigenvalue weighted by Crippen LogP contribution is -2.44. The van der Waals surface area contributed by atoms with Gasteiger partial charge in [-0.15, -0.1) is 0 Å². The molecule has 20 heavy (non-hydrogen) atoms. The van der Waals surface area contributed by atoms with Crippen LogP contribution in [0.25, 0.3) is 0 Å². The molecule has 0 heterocycles. The first-order valence-corrected chi connectivity index (χ1v) is 6.23. The van der Waals surface area contributed by atoms with Gasteiger partial charge in [0.25, 0.3) is 5.91 Å². The molecular formula is C13H17ClN2O4. The van der Waals surface area contributed by atoms with Gasteiger partial charge in [-0.2, -0.15) is 0 Å². The number of methoxy groups -OCH3 is 1. The molecule has 0 saturated heterocycles. The zero-order valence-electron chi connectivity index (χ0n) is 11.7. The fraction of sp³-hybridized carbons (Fsp3) is 0.385. The van der Waals surface area contributed by atoms with Crippen LogP contribution in [0.4, 0.5) is 4.79 Å². The van der Waals surface area contributed by atoms with Gasteiger partial charge in [-0.05, 0) is 39.0 Å². The predicted molar refractivity (Wildman–Crippen MR) is 74.8 cm³/mol. The Hall–Kier alpha value is -1.95. The number of ether oxygens (including phenoxy) is 2. The molecule has 0 fully saturated rings. The summed E-state index contributed by atoms with van der Waals surface area (Å²) in [4.78, 5) is 23.3. The highest BCUT2D eigenvalue weighted by Gasteiger charge is 2.18. The van der Waals surface area contributed by atoms with Gasteiger partial charge < -0.3 is 9.47 Å². The lowest BCUT2D eigenvalue weighted by molar-refractivity contribution is 0.0483. The molecule has 0 bridgehead atoms. The molecule has 0 aliphatic carbocycles. The van der Waals surface area contributed by atoms with Crippen molar-refractivity contribution in [3.05, 3.63) is 28.8 Å². The predicted octanol–water partition coefficient (Wildman–Crippen LogP) is 2.52. The van der Waals surface area contributed by atoms with E-state index in [1.54, 1.807) is 26.8 Å². The average molecular weight is 301 g/mol. The molecule has 0 unspecified atom stereocenters. The molecule has 0 aromatic heterocycles. The lowest BCUT2D eigenvalue weighted by atomic mass is 10.2. The molecular weight excluding hydrogens is 284 g/mol. The average Bonchev–Trinajstić information content (AvgIpc) is 2.33. The number of nitrogens with one attached hydrogen (secondary N) is 2. The van der Waals surface area contributed by atoms with E-state index >= 15 is 0 Å². The minimum Gasteiger partial charge on any atom is -0.496 e. The van der Waals surface area contributed by atoms with Crippen molar-refractivity contribution in [3.63, 3.8) is 0 Å². The molecule has 0 radical (unpaired) electrons. The van der Waals surface area contributed by atoms with Gasteiger partial charge in [-0.1, -0.05) is 11.6 Å². The molecule has 7 heteroatoms. The third-order valence-corrected chi connectivity index (χ3v) is 2.32. The van der Waals surface area contributed by atoms with Crippen LogP contribution in [0.5, 0.6) is 5.75 Å². The van der Waals surface area contributed by atoms with E-state index < -0.39 is 17.6 Å². The van der Waals surface area contributed by atoms with Crippen molar-refractivity contribution in [1.82, 2.24) is 10.9 Å². The molecule has 0 aliphatic heterocycles. The molecule has 6 nitrogen and oxygen atoms in total. The fourth-order valence-electron chi connectivity index (χ4n) is 1.33. The normalized spacial score (nSPS) is 10.7. The van der Waals surface area contributed by atoms with Crippen molar-refractivity contribution in [3.8, 4) is 5.75 Å². The summed E-state index contributed by atoms with van der Waals surface area (Å²) in [7, 11) is 1.42. The zero-order valence-corrected chi connectivity index (χ0v) is 12.5. The highest BCUT2D eigenvalue weighted by atomic mass is 35.5. The number of amides is 2. The third-order valence-electron chi connectivity index (χ3n) is 2.09. The summed E-state index contributed by atoms with van der Waals surface area (Å²) in [6.07, 6.45) is -0.751. The highest BCUT2D eigenvalue weighted by molar-refractivity contribution is 6.30. The van der Waals surface area contributed by atoms with Crippen LogP contribution in [0.2, 0.25) is 5.02 Å². The van der Waals surface area contributed by atoms with E-state index in [4.69, 9.17) is 21.1 Å².